The van der Waals surface area contributed by atoms with E-state index in [0.717, 1.165) is 16.6 Å². The van der Waals surface area contributed by atoms with Gasteiger partial charge in [0.15, 0.2) is 0 Å². The summed E-state index contributed by atoms with van der Waals surface area (Å²) < 4.78 is 42.2. The molecule has 2 aromatic carbocycles. The molecule has 0 saturated heterocycles. The minimum atomic E-state index is -3.72. The Morgan fingerprint density at radius 2 is 1.43 bits per heavy atom. The second-order valence-electron chi connectivity index (χ2n) is 10.4. The summed E-state index contributed by atoms with van der Waals surface area (Å²) in [5, 5.41) is 2.02. The molecule has 0 amide bonds. The van der Waals surface area contributed by atoms with Crippen LogP contribution in [0.2, 0.25) is 5.04 Å². The van der Waals surface area contributed by atoms with Gasteiger partial charge in [0.25, 0.3) is 18.4 Å². The molecule has 0 radical (unpaired) electrons. The fraction of sp³-hybridized carbons (Fsp3) is 0.519. The maximum Gasteiger partial charge on any atom is 0.308 e. The molecule has 1 aliphatic carbocycles. The molecule has 1 saturated carbocycles. The van der Waals surface area contributed by atoms with Crippen LogP contribution in [0.4, 0.5) is 0 Å². The Kier molecular flexibility index (Phi) is 8.63. The standard InChI is InChI=1S/C27H38O6SSi/c1-7-23-24(32-34(6,29)30)18-20(26(28)31-5)19-25(23)33-35(27(2,3)4,21-14-10-8-11-15-21)22-16-12-9-13-17-22/h8-17,20,23-25H,7,18-19H2,1-6H3/t20-,23+,24-,25-/m0/s1. The average Bonchev–Trinajstić information content (AvgIpc) is 2.81. The van der Waals surface area contributed by atoms with E-state index < -0.39 is 30.5 Å². The van der Waals surface area contributed by atoms with Gasteiger partial charge in [-0.3, -0.25) is 8.98 Å². The van der Waals surface area contributed by atoms with Crippen LogP contribution in [-0.2, 0) is 28.3 Å². The molecule has 0 unspecified atom stereocenters. The van der Waals surface area contributed by atoms with E-state index in [-0.39, 0.29) is 23.0 Å². The van der Waals surface area contributed by atoms with Gasteiger partial charge >= 0.3 is 5.97 Å². The average molecular weight is 519 g/mol. The predicted molar refractivity (Wildman–Crippen MR) is 141 cm³/mol. The summed E-state index contributed by atoms with van der Waals surface area (Å²) in [7, 11) is -5.27. The van der Waals surface area contributed by atoms with Crippen molar-refractivity contribution in [3.8, 4) is 0 Å². The third kappa shape index (κ3) is 6.05. The van der Waals surface area contributed by atoms with Gasteiger partial charge in [-0.1, -0.05) is 88.4 Å². The summed E-state index contributed by atoms with van der Waals surface area (Å²) in [6, 6.07) is 20.6. The van der Waals surface area contributed by atoms with E-state index in [9.17, 15) is 13.2 Å². The maximum atomic E-state index is 12.6. The molecule has 0 heterocycles. The van der Waals surface area contributed by atoms with Crippen LogP contribution in [0.15, 0.2) is 60.7 Å². The van der Waals surface area contributed by atoms with E-state index in [2.05, 4.69) is 45.0 Å². The normalized spacial score (nSPS) is 23.6. The number of hydrogen-bond acceptors (Lipinski definition) is 6. The van der Waals surface area contributed by atoms with Crippen LogP contribution in [0, 0.1) is 11.8 Å². The topological polar surface area (TPSA) is 78.9 Å². The zero-order valence-corrected chi connectivity index (χ0v) is 23.4. The van der Waals surface area contributed by atoms with Gasteiger partial charge in [-0.2, -0.15) is 8.42 Å². The Labute approximate surface area is 211 Å². The maximum absolute atomic E-state index is 12.6. The Morgan fingerprint density at radius 1 is 0.943 bits per heavy atom. The summed E-state index contributed by atoms with van der Waals surface area (Å²) in [6.07, 6.45) is 1.43. The van der Waals surface area contributed by atoms with Crippen molar-refractivity contribution in [3.05, 3.63) is 60.7 Å². The van der Waals surface area contributed by atoms with Crippen LogP contribution in [0.3, 0.4) is 0 Å². The van der Waals surface area contributed by atoms with Crippen molar-refractivity contribution in [2.24, 2.45) is 11.8 Å². The molecule has 2 aromatic rings. The number of benzene rings is 2. The molecule has 1 aliphatic rings. The van der Waals surface area contributed by atoms with Crippen molar-refractivity contribution in [2.45, 2.75) is 64.2 Å². The smallest absolute Gasteiger partial charge is 0.308 e. The molecular weight excluding hydrogens is 480 g/mol. The van der Waals surface area contributed by atoms with E-state index in [1.165, 1.54) is 7.11 Å². The first kappa shape index (κ1) is 27.6. The molecule has 0 N–H and O–H groups in total. The zero-order chi connectivity index (χ0) is 25.9. The van der Waals surface area contributed by atoms with Crippen molar-refractivity contribution in [1.29, 1.82) is 0 Å². The molecule has 6 nitrogen and oxygen atoms in total. The van der Waals surface area contributed by atoms with Crippen LogP contribution in [0.25, 0.3) is 0 Å². The van der Waals surface area contributed by atoms with Gasteiger partial charge in [0.1, 0.15) is 0 Å². The van der Waals surface area contributed by atoms with Gasteiger partial charge in [-0.05, 0) is 34.7 Å². The number of esters is 1. The van der Waals surface area contributed by atoms with E-state index in [1.54, 1.807) is 0 Å². The van der Waals surface area contributed by atoms with Crippen molar-refractivity contribution in [2.75, 3.05) is 13.4 Å². The molecule has 4 atom stereocenters. The Hall–Kier alpha value is -2.00. The molecule has 3 rings (SSSR count). The second-order valence-corrected chi connectivity index (χ2v) is 16.3. The van der Waals surface area contributed by atoms with Crippen LogP contribution in [-0.4, -0.2) is 48.3 Å². The van der Waals surface area contributed by atoms with Crippen molar-refractivity contribution >= 4 is 34.8 Å². The van der Waals surface area contributed by atoms with Crippen LogP contribution in [0.5, 0.6) is 0 Å². The van der Waals surface area contributed by atoms with Gasteiger partial charge < -0.3 is 9.16 Å². The monoisotopic (exact) mass is 518 g/mol. The third-order valence-electron chi connectivity index (χ3n) is 7.04. The lowest BCUT2D eigenvalue weighted by molar-refractivity contribution is -0.151. The van der Waals surface area contributed by atoms with Crippen LogP contribution < -0.4 is 10.4 Å². The number of carbonyl (C=O) groups is 1. The first-order chi connectivity index (χ1) is 16.4. The van der Waals surface area contributed by atoms with Gasteiger partial charge in [-0.15, -0.1) is 0 Å². The Bertz CT molecular complexity index is 1040. The molecule has 192 valence electrons. The molecule has 0 bridgehead atoms. The highest BCUT2D eigenvalue weighted by Gasteiger charge is 2.54. The van der Waals surface area contributed by atoms with Crippen molar-refractivity contribution in [1.82, 2.24) is 0 Å². The zero-order valence-electron chi connectivity index (χ0n) is 21.6. The van der Waals surface area contributed by atoms with Gasteiger partial charge in [0.2, 0.25) is 0 Å². The number of carbonyl (C=O) groups excluding carboxylic acids is 1. The number of rotatable bonds is 8. The minimum absolute atomic E-state index is 0.188. The lowest BCUT2D eigenvalue weighted by atomic mass is 9.76. The van der Waals surface area contributed by atoms with Gasteiger partial charge in [-0.25, -0.2) is 0 Å². The fourth-order valence-electron chi connectivity index (χ4n) is 5.52. The van der Waals surface area contributed by atoms with Gasteiger partial charge in [0.05, 0.1) is 31.5 Å². The van der Waals surface area contributed by atoms with Gasteiger partial charge in [0, 0.05) is 5.92 Å². The minimum Gasteiger partial charge on any atom is -0.469 e. The summed E-state index contributed by atoms with van der Waals surface area (Å²) in [4.78, 5) is 12.6. The highest BCUT2D eigenvalue weighted by atomic mass is 32.2. The summed E-state index contributed by atoms with van der Waals surface area (Å²) in [5.74, 6) is -1.05. The molecule has 0 spiro atoms. The van der Waals surface area contributed by atoms with Crippen molar-refractivity contribution in [3.63, 3.8) is 0 Å². The van der Waals surface area contributed by atoms with E-state index in [1.807, 2.05) is 43.3 Å². The van der Waals surface area contributed by atoms with E-state index >= 15 is 0 Å². The molecule has 1 fully saturated rings. The van der Waals surface area contributed by atoms with E-state index in [0.29, 0.717) is 19.3 Å². The van der Waals surface area contributed by atoms with Crippen LogP contribution in [0.1, 0.15) is 47.0 Å². The lowest BCUT2D eigenvalue weighted by Crippen LogP contribution is -2.69. The predicted octanol–water partition coefficient (Wildman–Crippen LogP) is 3.89. The fourth-order valence-corrected chi connectivity index (χ4v) is 10.9. The first-order valence-corrected chi connectivity index (χ1v) is 15.9. The highest BCUT2D eigenvalue weighted by Crippen LogP contribution is 2.43. The second kappa shape index (κ2) is 10.9. The summed E-state index contributed by atoms with van der Waals surface area (Å²) in [5.41, 5.74) is 0. The highest BCUT2D eigenvalue weighted by molar-refractivity contribution is 7.86. The first-order valence-electron chi connectivity index (χ1n) is 12.2. The molecular formula is C27H38O6SSi. The number of ether oxygens (including phenoxy) is 1. The van der Waals surface area contributed by atoms with Crippen LogP contribution >= 0.6 is 0 Å². The largest absolute Gasteiger partial charge is 0.469 e. The lowest BCUT2D eigenvalue weighted by Gasteiger charge is -2.49. The molecule has 0 aliphatic heterocycles. The van der Waals surface area contributed by atoms with Crippen molar-refractivity contribution < 1.29 is 26.6 Å². The van der Waals surface area contributed by atoms with E-state index in [4.69, 9.17) is 13.3 Å². The Morgan fingerprint density at radius 3 is 1.83 bits per heavy atom. The summed E-state index contributed by atoms with van der Waals surface area (Å²) in [6.45, 7) is 8.62. The quantitative estimate of drug-likeness (QED) is 0.300. The molecule has 8 heteroatoms. The molecule has 35 heavy (non-hydrogen) atoms. The summed E-state index contributed by atoms with van der Waals surface area (Å²) >= 11 is 0. The Balaban J connectivity index is 2.18. The number of hydrogen-bond donors (Lipinski definition) is 0. The third-order valence-corrected chi connectivity index (χ3v) is 12.7. The number of methoxy groups -OCH3 is 1. The molecule has 0 aromatic heterocycles. The SMILES string of the molecule is CC[C@H]1[C@@H](O[Si](c2ccccc2)(c2ccccc2)C(C)(C)C)C[C@@H](C(=O)OC)C[C@@H]1OS(C)(=O)=O.